The molecular weight excluding hydrogens is 377 g/mol. The molecule has 28 heavy (non-hydrogen) atoms. The van der Waals surface area contributed by atoms with Crippen LogP contribution in [-0.4, -0.2) is 61.1 Å². The highest BCUT2D eigenvalue weighted by Gasteiger charge is 2.45. The van der Waals surface area contributed by atoms with E-state index >= 15 is 0 Å². The summed E-state index contributed by atoms with van der Waals surface area (Å²) in [6.07, 6.45) is 5.81. The van der Waals surface area contributed by atoms with Gasteiger partial charge in [-0.05, 0) is 43.0 Å². The van der Waals surface area contributed by atoms with Gasteiger partial charge in [0.05, 0.1) is 32.6 Å². The van der Waals surface area contributed by atoms with Crippen molar-refractivity contribution in [3.8, 4) is 0 Å². The lowest BCUT2D eigenvalue weighted by Gasteiger charge is -2.35. The number of carbonyl (C=O) groups excluding carboxylic acids is 2. The Bertz CT molecular complexity index is 677. The monoisotopic (exact) mass is 408 g/mol. The predicted molar refractivity (Wildman–Crippen MR) is 110 cm³/mol. The fourth-order valence-electron chi connectivity index (χ4n) is 4.06. The molecule has 0 bridgehead atoms. The van der Waals surface area contributed by atoms with Gasteiger partial charge in [0, 0.05) is 11.3 Å². The summed E-state index contributed by atoms with van der Waals surface area (Å²) in [5.74, 6) is 0.430. The molecule has 5 nitrogen and oxygen atoms in total. The number of amides is 2. The molecule has 1 aromatic rings. The van der Waals surface area contributed by atoms with E-state index in [0.717, 1.165) is 19.4 Å². The highest BCUT2D eigenvalue weighted by Crippen LogP contribution is 2.41. The number of rotatable bonds is 6. The molecule has 154 valence electrons. The van der Waals surface area contributed by atoms with Crippen LogP contribution in [0, 0.1) is 11.7 Å². The van der Waals surface area contributed by atoms with Crippen molar-refractivity contribution in [2.75, 3.05) is 32.9 Å². The first kappa shape index (κ1) is 21.1. The van der Waals surface area contributed by atoms with Gasteiger partial charge in [-0.2, -0.15) is 0 Å². The smallest absolute Gasteiger partial charge is 0.255 e. The number of halogens is 1. The first-order valence-electron chi connectivity index (χ1n) is 10.2. The Labute approximate surface area is 171 Å². The summed E-state index contributed by atoms with van der Waals surface area (Å²) in [6, 6.07) is 5.18. The summed E-state index contributed by atoms with van der Waals surface area (Å²) in [5.41, 5.74) is 0.445. The molecule has 2 N–H and O–H groups in total. The van der Waals surface area contributed by atoms with Gasteiger partial charge >= 0.3 is 0 Å². The molecule has 2 aliphatic rings. The number of nitrogens with one attached hydrogen (secondary N) is 2. The van der Waals surface area contributed by atoms with Crippen LogP contribution in [0.3, 0.4) is 0 Å². The Balaban J connectivity index is 1.78. The summed E-state index contributed by atoms with van der Waals surface area (Å²) in [7, 11) is 4.09. The highest BCUT2D eigenvalue weighted by atomic mass is 32.2. The minimum atomic E-state index is -0.466. The summed E-state index contributed by atoms with van der Waals surface area (Å²) >= 11 is 1.72. The summed E-state index contributed by atoms with van der Waals surface area (Å²) < 4.78 is 13.3. The van der Waals surface area contributed by atoms with Crippen molar-refractivity contribution in [3.63, 3.8) is 0 Å². The molecule has 2 fully saturated rings. The quantitative estimate of drug-likeness (QED) is 0.751. The van der Waals surface area contributed by atoms with E-state index in [1.54, 1.807) is 16.7 Å². The van der Waals surface area contributed by atoms with Crippen molar-refractivity contribution >= 4 is 23.6 Å². The molecule has 1 saturated heterocycles. The molecule has 0 spiro atoms. The number of benzene rings is 1. The van der Waals surface area contributed by atoms with E-state index in [1.807, 2.05) is 14.1 Å². The number of hydrogen-bond acceptors (Lipinski definition) is 3. The van der Waals surface area contributed by atoms with Gasteiger partial charge in [-0.25, -0.2) is 4.39 Å². The molecule has 0 unspecified atom stereocenters. The van der Waals surface area contributed by atoms with Crippen molar-refractivity contribution < 1.29 is 18.9 Å². The first-order chi connectivity index (χ1) is 13.5. The molecule has 0 radical (unpaired) electrons. The fraction of sp³-hybridized carbons (Fsp3) is 0.619. The van der Waals surface area contributed by atoms with E-state index in [4.69, 9.17) is 0 Å². The number of hydrogen-bond donors (Lipinski definition) is 2. The minimum Gasteiger partial charge on any atom is -0.349 e. The van der Waals surface area contributed by atoms with Gasteiger partial charge < -0.3 is 15.1 Å². The van der Waals surface area contributed by atoms with Crippen LogP contribution >= 0.6 is 11.8 Å². The zero-order valence-electron chi connectivity index (χ0n) is 16.7. The van der Waals surface area contributed by atoms with Crippen molar-refractivity contribution in [2.24, 2.45) is 5.92 Å². The van der Waals surface area contributed by atoms with Gasteiger partial charge in [0.15, 0.2) is 0 Å². The Morgan fingerprint density at radius 1 is 1.18 bits per heavy atom. The van der Waals surface area contributed by atoms with Crippen molar-refractivity contribution in [1.29, 1.82) is 0 Å². The summed E-state index contributed by atoms with van der Waals surface area (Å²) in [6.45, 7) is 1.43. The van der Waals surface area contributed by atoms with Crippen molar-refractivity contribution in [2.45, 2.75) is 43.5 Å². The number of likely N-dealkylation sites (N-methyl/N-ethyl adjacent to an activating group) is 1. The van der Waals surface area contributed by atoms with E-state index in [2.05, 4.69) is 5.32 Å². The van der Waals surface area contributed by atoms with Gasteiger partial charge in [0.2, 0.25) is 5.91 Å². The summed E-state index contributed by atoms with van der Waals surface area (Å²) in [4.78, 5) is 29.2. The Morgan fingerprint density at radius 3 is 2.50 bits per heavy atom. The zero-order chi connectivity index (χ0) is 20.1. The Hall–Kier alpha value is -1.60. The molecule has 1 saturated carbocycles. The second-order valence-electron chi connectivity index (χ2n) is 8.11. The van der Waals surface area contributed by atoms with E-state index in [0.29, 0.717) is 23.8 Å². The second kappa shape index (κ2) is 9.74. The molecule has 0 aromatic heterocycles. The number of thioether (sulfide) groups is 1. The fourth-order valence-corrected chi connectivity index (χ4v) is 5.70. The van der Waals surface area contributed by atoms with Crippen LogP contribution < -0.4 is 10.2 Å². The van der Waals surface area contributed by atoms with E-state index in [-0.39, 0.29) is 23.0 Å². The Kier molecular flexibility index (Phi) is 7.35. The maximum atomic E-state index is 13.3. The zero-order valence-corrected chi connectivity index (χ0v) is 17.6. The highest BCUT2D eigenvalue weighted by molar-refractivity contribution is 8.00. The predicted octanol–water partition coefficient (Wildman–Crippen LogP) is 1.55. The third-order valence-corrected chi connectivity index (χ3v) is 7.10. The largest absolute Gasteiger partial charge is 0.349 e. The van der Waals surface area contributed by atoms with Gasteiger partial charge in [0.25, 0.3) is 5.91 Å². The molecule has 1 aromatic carbocycles. The molecule has 1 heterocycles. The average molecular weight is 409 g/mol. The van der Waals surface area contributed by atoms with Crippen molar-refractivity contribution in [3.05, 3.63) is 35.6 Å². The van der Waals surface area contributed by atoms with Crippen LogP contribution in [-0.2, 0) is 4.79 Å². The van der Waals surface area contributed by atoms with Gasteiger partial charge in [0.1, 0.15) is 11.9 Å². The second-order valence-corrected chi connectivity index (χ2v) is 9.25. The Morgan fingerprint density at radius 2 is 1.86 bits per heavy atom. The molecule has 1 aliphatic heterocycles. The van der Waals surface area contributed by atoms with Crippen LogP contribution in [0.4, 0.5) is 4.39 Å². The average Bonchev–Trinajstić information content (AvgIpc) is 3.13. The van der Waals surface area contributed by atoms with Crippen LogP contribution in [0.1, 0.15) is 42.5 Å². The van der Waals surface area contributed by atoms with Crippen LogP contribution in [0.25, 0.3) is 0 Å². The van der Waals surface area contributed by atoms with Gasteiger partial charge in [-0.15, -0.1) is 11.8 Å². The standard InChI is InChI=1S/C21H30FN3O2S/c1-24(2)13-12-23-19(26)18-14-28-21(16-6-4-3-5-7-16)25(18)20(27)15-8-10-17(22)11-9-15/h8-11,16,18,21H,3-7,12-14H2,1-2H3,(H,23,26)/p+1/t18-,21-/m0/s1. The van der Waals surface area contributed by atoms with Gasteiger partial charge in [-0.3, -0.25) is 9.59 Å². The maximum absolute atomic E-state index is 13.3. The molecule has 7 heteroatoms. The molecule has 2 atom stereocenters. The molecule has 3 rings (SSSR count). The van der Waals surface area contributed by atoms with Crippen LogP contribution in [0.15, 0.2) is 24.3 Å². The van der Waals surface area contributed by atoms with E-state index in [1.165, 1.54) is 48.4 Å². The van der Waals surface area contributed by atoms with Crippen LogP contribution in [0.2, 0.25) is 0 Å². The number of quaternary nitrogens is 1. The number of carbonyl (C=O) groups is 2. The van der Waals surface area contributed by atoms with Crippen molar-refractivity contribution in [1.82, 2.24) is 10.2 Å². The lowest BCUT2D eigenvalue weighted by molar-refractivity contribution is -0.856. The van der Waals surface area contributed by atoms with E-state index < -0.39 is 6.04 Å². The lowest BCUT2D eigenvalue weighted by Crippen LogP contribution is -3.06. The minimum absolute atomic E-state index is 0.0214. The molecule has 1 aliphatic carbocycles. The normalized spacial score (nSPS) is 23.2. The molecular formula is C21H31FN3O2S+. The van der Waals surface area contributed by atoms with Crippen LogP contribution in [0.5, 0.6) is 0 Å². The third-order valence-electron chi connectivity index (χ3n) is 5.64. The summed E-state index contributed by atoms with van der Waals surface area (Å²) in [5, 5.41) is 3.02. The molecule has 2 amide bonds. The SMILES string of the molecule is C[NH+](C)CCNC(=O)[C@@H]1CS[C@@H](C2CCCCC2)N1C(=O)c1ccc(F)cc1. The maximum Gasteiger partial charge on any atom is 0.255 e. The van der Waals surface area contributed by atoms with E-state index in [9.17, 15) is 14.0 Å². The topological polar surface area (TPSA) is 53.9 Å². The number of nitrogens with zero attached hydrogens (tertiary/aromatic N) is 1. The third kappa shape index (κ3) is 5.06. The lowest BCUT2D eigenvalue weighted by atomic mass is 9.88. The first-order valence-corrected chi connectivity index (χ1v) is 11.3. The van der Waals surface area contributed by atoms with Gasteiger partial charge in [-0.1, -0.05) is 19.3 Å².